The molecule has 0 aliphatic heterocycles. The Bertz CT molecular complexity index is 256. The molecule has 0 aromatic heterocycles. The van der Waals surface area contributed by atoms with Crippen LogP contribution in [-0.2, 0) is 0 Å². The summed E-state index contributed by atoms with van der Waals surface area (Å²) in [7, 11) is 0. The van der Waals surface area contributed by atoms with Crippen LogP contribution in [0.2, 0.25) is 0 Å². The first-order chi connectivity index (χ1) is 6.24. The first-order valence-corrected chi connectivity index (χ1v) is 4.27. The van der Waals surface area contributed by atoms with Crippen LogP contribution in [0.15, 0.2) is 43.0 Å². The Morgan fingerprint density at radius 3 is 2.38 bits per heavy atom. The van der Waals surface area contributed by atoms with E-state index in [-0.39, 0.29) is 0 Å². The van der Waals surface area contributed by atoms with Gasteiger partial charge in [-0.1, -0.05) is 36.4 Å². The van der Waals surface area contributed by atoms with Crippen molar-refractivity contribution in [3.8, 4) is 0 Å². The highest BCUT2D eigenvalue weighted by Crippen LogP contribution is 2.17. The number of aliphatic hydroxyl groups excluding tert-OH is 2. The van der Waals surface area contributed by atoms with Crippen LogP contribution < -0.4 is 0 Å². The molecule has 2 N–H and O–H groups in total. The van der Waals surface area contributed by atoms with Crippen molar-refractivity contribution in [3.05, 3.63) is 48.6 Å². The number of aliphatic hydroxyl groups is 2. The van der Waals surface area contributed by atoms with Crippen LogP contribution in [0.5, 0.6) is 0 Å². The van der Waals surface area contributed by atoms with E-state index in [1.165, 1.54) is 6.08 Å². The third-order valence-corrected chi connectivity index (χ3v) is 1.92. The topological polar surface area (TPSA) is 40.5 Å². The average Bonchev–Trinajstić information content (AvgIpc) is 2.19. The largest absolute Gasteiger partial charge is 0.389 e. The van der Waals surface area contributed by atoms with Gasteiger partial charge >= 0.3 is 0 Å². The summed E-state index contributed by atoms with van der Waals surface area (Å²) in [5.41, 5.74) is 0.823. The van der Waals surface area contributed by atoms with Gasteiger partial charge in [0.2, 0.25) is 0 Å². The fourth-order valence-corrected chi connectivity index (χ4v) is 1.14. The van der Waals surface area contributed by atoms with Gasteiger partial charge in [-0.15, -0.1) is 6.58 Å². The maximum absolute atomic E-state index is 9.61. The van der Waals surface area contributed by atoms with Crippen molar-refractivity contribution < 1.29 is 10.2 Å². The third kappa shape index (κ3) is 3.01. The van der Waals surface area contributed by atoms with E-state index in [9.17, 15) is 10.2 Å². The molecule has 0 heterocycles. The minimum absolute atomic E-state index is 0.299. The SMILES string of the molecule is C=CC(O)CC(O)c1ccccc1. The van der Waals surface area contributed by atoms with E-state index in [0.29, 0.717) is 6.42 Å². The Kier molecular flexibility index (Phi) is 3.68. The predicted molar refractivity (Wildman–Crippen MR) is 52.2 cm³/mol. The Labute approximate surface area is 78.2 Å². The van der Waals surface area contributed by atoms with Gasteiger partial charge in [-0.05, 0) is 5.56 Å². The highest BCUT2D eigenvalue weighted by Gasteiger charge is 2.10. The van der Waals surface area contributed by atoms with Crippen LogP contribution in [0.25, 0.3) is 0 Å². The van der Waals surface area contributed by atoms with Crippen LogP contribution in [0, 0.1) is 0 Å². The molecule has 0 aliphatic carbocycles. The van der Waals surface area contributed by atoms with Gasteiger partial charge < -0.3 is 10.2 Å². The van der Waals surface area contributed by atoms with Crippen molar-refractivity contribution in [1.82, 2.24) is 0 Å². The quantitative estimate of drug-likeness (QED) is 0.688. The van der Waals surface area contributed by atoms with Gasteiger partial charge in [0.05, 0.1) is 12.2 Å². The van der Waals surface area contributed by atoms with Crippen molar-refractivity contribution in [2.45, 2.75) is 18.6 Å². The van der Waals surface area contributed by atoms with Crippen molar-refractivity contribution in [2.24, 2.45) is 0 Å². The summed E-state index contributed by atoms with van der Waals surface area (Å²) in [4.78, 5) is 0. The fourth-order valence-electron chi connectivity index (χ4n) is 1.14. The number of hydrogen-bond donors (Lipinski definition) is 2. The summed E-state index contributed by atoms with van der Waals surface area (Å²) < 4.78 is 0. The van der Waals surface area contributed by atoms with Gasteiger partial charge in [-0.2, -0.15) is 0 Å². The van der Waals surface area contributed by atoms with Crippen molar-refractivity contribution in [3.63, 3.8) is 0 Å². The van der Waals surface area contributed by atoms with Crippen LogP contribution in [0.4, 0.5) is 0 Å². The van der Waals surface area contributed by atoms with E-state index in [4.69, 9.17) is 0 Å². The summed E-state index contributed by atoms with van der Waals surface area (Å²) in [6.07, 6.45) is 0.462. The number of benzene rings is 1. The molecular formula is C11H14O2. The van der Waals surface area contributed by atoms with Gasteiger partial charge in [0, 0.05) is 6.42 Å². The zero-order valence-electron chi connectivity index (χ0n) is 7.43. The van der Waals surface area contributed by atoms with E-state index in [0.717, 1.165) is 5.56 Å². The standard InChI is InChI=1S/C11H14O2/c1-2-10(12)8-11(13)9-6-4-3-5-7-9/h2-7,10-13H,1,8H2. The van der Waals surface area contributed by atoms with Gasteiger partial charge in [0.15, 0.2) is 0 Å². The Hall–Kier alpha value is -1.12. The summed E-state index contributed by atoms with van der Waals surface area (Å²) in [6, 6.07) is 9.28. The third-order valence-electron chi connectivity index (χ3n) is 1.92. The molecule has 2 heteroatoms. The molecule has 0 radical (unpaired) electrons. The lowest BCUT2D eigenvalue weighted by molar-refractivity contribution is 0.105. The van der Waals surface area contributed by atoms with E-state index >= 15 is 0 Å². The molecule has 2 unspecified atom stereocenters. The molecule has 0 bridgehead atoms. The average molecular weight is 178 g/mol. The van der Waals surface area contributed by atoms with Crippen LogP contribution in [0.1, 0.15) is 18.1 Å². The van der Waals surface area contributed by atoms with Crippen LogP contribution in [-0.4, -0.2) is 16.3 Å². The highest BCUT2D eigenvalue weighted by atomic mass is 16.3. The minimum atomic E-state index is -0.643. The molecule has 0 spiro atoms. The van der Waals surface area contributed by atoms with Crippen molar-refractivity contribution >= 4 is 0 Å². The molecule has 1 aromatic rings. The van der Waals surface area contributed by atoms with E-state index in [1.54, 1.807) is 0 Å². The van der Waals surface area contributed by atoms with E-state index in [1.807, 2.05) is 30.3 Å². The van der Waals surface area contributed by atoms with Crippen molar-refractivity contribution in [2.75, 3.05) is 0 Å². The second-order valence-corrected chi connectivity index (χ2v) is 2.97. The summed E-state index contributed by atoms with van der Waals surface area (Å²) in [5.74, 6) is 0. The van der Waals surface area contributed by atoms with Gasteiger partial charge in [-0.25, -0.2) is 0 Å². The summed E-state index contributed by atoms with van der Waals surface area (Å²) >= 11 is 0. The fraction of sp³-hybridized carbons (Fsp3) is 0.273. The molecule has 0 fully saturated rings. The lowest BCUT2D eigenvalue weighted by Crippen LogP contribution is -2.08. The molecular weight excluding hydrogens is 164 g/mol. The first-order valence-electron chi connectivity index (χ1n) is 4.27. The lowest BCUT2D eigenvalue weighted by atomic mass is 10.0. The first kappa shape index (κ1) is 9.96. The van der Waals surface area contributed by atoms with Crippen molar-refractivity contribution in [1.29, 1.82) is 0 Å². The predicted octanol–water partition coefficient (Wildman–Crippen LogP) is 1.66. The lowest BCUT2D eigenvalue weighted by Gasteiger charge is -2.12. The van der Waals surface area contributed by atoms with Gasteiger partial charge in [-0.3, -0.25) is 0 Å². The number of hydrogen-bond acceptors (Lipinski definition) is 2. The molecule has 2 nitrogen and oxygen atoms in total. The second-order valence-electron chi connectivity index (χ2n) is 2.97. The van der Waals surface area contributed by atoms with Crippen LogP contribution >= 0.6 is 0 Å². The molecule has 0 saturated carbocycles. The molecule has 1 rings (SSSR count). The zero-order chi connectivity index (χ0) is 9.68. The Morgan fingerprint density at radius 1 is 1.23 bits per heavy atom. The minimum Gasteiger partial charge on any atom is -0.389 e. The smallest absolute Gasteiger partial charge is 0.0817 e. The van der Waals surface area contributed by atoms with E-state index < -0.39 is 12.2 Å². The van der Waals surface area contributed by atoms with Gasteiger partial charge in [0.25, 0.3) is 0 Å². The normalized spacial score (nSPS) is 14.9. The Morgan fingerprint density at radius 2 is 1.85 bits per heavy atom. The molecule has 0 saturated heterocycles. The maximum Gasteiger partial charge on any atom is 0.0817 e. The number of rotatable bonds is 4. The second kappa shape index (κ2) is 4.80. The highest BCUT2D eigenvalue weighted by molar-refractivity contribution is 5.17. The maximum atomic E-state index is 9.61. The van der Waals surface area contributed by atoms with E-state index in [2.05, 4.69) is 6.58 Å². The molecule has 2 atom stereocenters. The summed E-state index contributed by atoms with van der Waals surface area (Å²) in [6.45, 7) is 3.45. The van der Waals surface area contributed by atoms with Crippen LogP contribution in [0.3, 0.4) is 0 Å². The molecule has 13 heavy (non-hydrogen) atoms. The molecule has 0 aliphatic rings. The Balaban J connectivity index is 2.58. The molecule has 1 aromatic carbocycles. The molecule has 70 valence electrons. The van der Waals surface area contributed by atoms with Gasteiger partial charge in [0.1, 0.15) is 0 Å². The monoisotopic (exact) mass is 178 g/mol. The summed E-state index contributed by atoms with van der Waals surface area (Å²) in [5, 5.41) is 18.8. The zero-order valence-corrected chi connectivity index (χ0v) is 7.43. The molecule has 0 amide bonds.